The summed E-state index contributed by atoms with van der Waals surface area (Å²) in [6.45, 7) is 4.24. The van der Waals surface area contributed by atoms with Gasteiger partial charge < -0.3 is 33.7 Å². The van der Waals surface area contributed by atoms with E-state index in [2.05, 4.69) is 29.6 Å². The van der Waals surface area contributed by atoms with Crippen molar-refractivity contribution < 1.29 is 50.3 Å². The molecular weight excluding hydrogens is 806 g/mol. The molecule has 0 saturated carbocycles. The fourth-order valence-electron chi connectivity index (χ4n) is 6.94. The summed E-state index contributed by atoms with van der Waals surface area (Å²) < 4.78 is 39.9. The van der Waals surface area contributed by atoms with Crippen LogP contribution in [-0.4, -0.2) is 56.4 Å². The van der Waals surface area contributed by atoms with Crippen molar-refractivity contribution in [1.29, 1.82) is 0 Å². The van der Waals surface area contributed by atoms with Crippen molar-refractivity contribution in [3.05, 3.63) is 204 Å². The summed E-state index contributed by atoms with van der Waals surface area (Å²) in [7, 11) is 0. The second-order valence-corrected chi connectivity index (χ2v) is 15.1. The Kier molecular flexibility index (Phi) is 21.2. The third-order valence-corrected chi connectivity index (χ3v) is 10.3. The predicted octanol–water partition coefficient (Wildman–Crippen LogP) is 9.60. The second-order valence-electron chi connectivity index (χ2n) is 15.1. The SMILES string of the molecule is C[C@H](COC1O[C@H](COCc2ccccc2)[C@@H](OCc2ccccc2)[C@H](OCc2ccccc2)[C@@H]1OCc1ccccc1)C(=O)NCCCCc1ccc[cH-]1.[Fe+2].c1cc[cH-]c1. The van der Waals surface area contributed by atoms with Gasteiger partial charge in [-0.15, -0.1) is 0 Å². The van der Waals surface area contributed by atoms with Crippen molar-refractivity contribution in [2.24, 2.45) is 5.92 Å². The smallest absolute Gasteiger partial charge is 0.374 e. The Morgan fingerprint density at radius 1 is 0.607 bits per heavy atom. The first-order valence-electron chi connectivity index (χ1n) is 21.1. The molecule has 1 unspecified atom stereocenters. The molecular formula is C52H59FeNO7. The zero-order chi connectivity index (χ0) is 41.5. The molecule has 322 valence electrons. The van der Waals surface area contributed by atoms with Gasteiger partial charge in [0.25, 0.3) is 0 Å². The number of benzene rings is 4. The van der Waals surface area contributed by atoms with Crippen LogP contribution in [0.5, 0.6) is 0 Å². The summed E-state index contributed by atoms with van der Waals surface area (Å²) in [6.07, 6.45) is -0.394. The molecule has 1 heterocycles. The number of aryl methyl sites for hydroxylation is 1. The van der Waals surface area contributed by atoms with Gasteiger partial charge >= 0.3 is 17.1 Å². The number of rotatable bonds is 22. The third kappa shape index (κ3) is 16.6. The van der Waals surface area contributed by atoms with E-state index in [1.807, 2.05) is 159 Å². The molecule has 0 spiro atoms. The summed E-state index contributed by atoms with van der Waals surface area (Å²) in [5.41, 5.74) is 5.43. The molecule has 0 aromatic heterocycles. The van der Waals surface area contributed by atoms with Crippen LogP contribution in [0.4, 0.5) is 0 Å². The molecule has 1 N–H and O–H groups in total. The molecule has 61 heavy (non-hydrogen) atoms. The van der Waals surface area contributed by atoms with Crippen molar-refractivity contribution in [2.75, 3.05) is 19.8 Å². The van der Waals surface area contributed by atoms with Crippen molar-refractivity contribution in [2.45, 2.75) is 83.3 Å². The maximum atomic E-state index is 13.2. The van der Waals surface area contributed by atoms with Crippen LogP contribution in [0.25, 0.3) is 0 Å². The fourth-order valence-corrected chi connectivity index (χ4v) is 6.94. The molecule has 1 aliphatic heterocycles. The van der Waals surface area contributed by atoms with E-state index in [-0.39, 0.29) is 36.2 Å². The van der Waals surface area contributed by atoms with Crippen LogP contribution >= 0.6 is 0 Å². The van der Waals surface area contributed by atoms with Crippen LogP contribution in [0.2, 0.25) is 0 Å². The monoisotopic (exact) mass is 865 g/mol. The standard InChI is InChI=1S/C47H54NO7.C5H5.Fe/c1-36(46(49)48-29-17-16-20-37-18-14-15-19-37)30-54-47-45(53-34-41-27-12-5-13-28-41)44(52-33-40-25-10-4-11-26-40)43(51-32-39-23-8-3-9-24-39)42(55-47)35-50-31-38-21-6-2-7-22-38;1-2-4-5-3-1;/h2-15,18-19,21-28,36,42-45,47H,16-17,20,29-35H2,1H3,(H,48,49);1-5H;/q2*-1;+2/t36-,42-,43-,44+,45+,47?;;/m1../s1. The molecule has 1 fully saturated rings. The van der Waals surface area contributed by atoms with Crippen molar-refractivity contribution in [1.82, 2.24) is 5.32 Å². The number of nitrogens with one attached hydrogen (secondary N) is 1. The Balaban J connectivity index is 0.00000109. The van der Waals surface area contributed by atoms with Crippen LogP contribution in [-0.2, 0) is 83.1 Å². The van der Waals surface area contributed by atoms with Gasteiger partial charge in [0, 0.05) is 6.54 Å². The number of ether oxygens (including phenoxy) is 6. The molecule has 6 aromatic carbocycles. The maximum Gasteiger partial charge on any atom is 2.00 e. The summed E-state index contributed by atoms with van der Waals surface area (Å²) in [5.74, 6) is -0.480. The van der Waals surface area contributed by atoms with Gasteiger partial charge in [-0.05, 0) is 35.1 Å². The van der Waals surface area contributed by atoms with E-state index >= 15 is 0 Å². The quantitative estimate of drug-likeness (QED) is 0.0414. The van der Waals surface area contributed by atoms with E-state index < -0.39 is 36.6 Å². The van der Waals surface area contributed by atoms with Crippen LogP contribution in [0.15, 0.2) is 176 Å². The average Bonchev–Trinajstić information content (AvgIpc) is 4.07. The molecule has 9 heteroatoms. The van der Waals surface area contributed by atoms with Crippen LogP contribution in [0.3, 0.4) is 0 Å². The normalized spacial score (nSPS) is 18.9. The number of carbonyl (C=O) groups is 1. The fraction of sp³-hybridized carbons (Fsp3) is 0.327. The molecule has 0 bridgehead atoms. The van der Waals surface area contributed by atoms with Crippen LogP contribution in [0, 0.1) is 5.92 Å². The number of hydrogen-bond acceptors (Lipinski definition) is 7. The van der Waals surface area contributed by atoms with Crippen molar-refractivity contribution in [3.8, 4) is 0 Å². The Morgan fingerprint density at radius 3 is 1.64 bits per heavy atom. The topological polar surface area (TPSA) is 84.5 Å². The minimum absolute atomic E-state index is 0. The van der Waals surface area contributed by atoms with E-state index in [0.717, 1.165) is 41.5 Å². The van der Waals surface area contributed by atoms with Gasteiger partial charge in [0.15, 0.2) is 6.29 Å². The van der Waals surface area contributed by atoms with E-state index in [1.54, 1.807) is 0 Å². The zero-order valence-electron chi connectivity index (χ0n) is 35.0. The largest absolute Gasteiger partial charge is 2.00 e. The molecule has 7 rings (SSSR count). The first-order valence-corrected chi connectivity index (χ1v) is 21.1. The molecule has 6 atom stereocenters. The molecule has 0 radical (unpaired) electrons. The zero-order valence-corrected chi connectivity index (χ0v) is 36.1. The first kappa shape index (κ1) is 47.4. The average molecular weight is 866 g/mol. The van der Waals surface area contributed by atoms with Crippen molar-refractivity contribution in [3.63, 3.8) is 0 Å². The Bertz CT molecular complexity index is 1950. The van der Waals surface area contributed by atoms with Crippen molar-refractivity contribution >= 4 is 5.91 Å². The van der Waals surface area contributed by atoms with Gasteiger partial charge in [-0.2, -0.15) is 35.9 Å². The van der Waals surface area contributed by atoms with Gasteiger partial charge in [0.2, 0.25) is 5.91 Å². The Hall–Kier alpha value is -4.67. The van der Waals surface area contributed by atoms with Crippen LogP contribution < -0.4 is 5.32 Å². The molecule has 6 aromatic rings. The third-order valence-electron chi connectivity index (χ3n) is 10.3. The van der Waals surface area contributed by atoms with E-state index in [4.69, 9.17) is 28.4 Å². The minimum Gasteiger partial charge on any atom is -0.374 e. The molecule has 1 amide bonds. The summed E-state index contributed by atoms with van der Waals surface area (Å²) >= 11 is 0. The number of unbranched alkanes of at least 4 members (excludes halogenated alkanes) is 1. The summed E-state index contributed by atoms with van der Waals surface area (Å²) in [4.78, 5) is 13.2. The Morgan fingerprint density at radius 2 is 1.13 bits per heavy atom. The summed E-state index contributed by atoms with van der Waals surface area (Å²) in [5, 5.41) is 3.09. The van der Waals surface area contributed by atoms with E-state index in [0.29, 0.717) is 33.0 Å². The van der Waals surface area contributed by atoms with Gasteiger partial charge in [0.1, 0.15) is 24.4 Å². The van der Waals surface area contributed by atoms with E-state index in [9.17, 15) is 4.79 Å². The summed E-state index contributed by atoms with van der Waals surface area (Å²) in [6, 6.07) is 58.5. The molecule has 1 saturated heterocycles. The number of amides is 1. The van der Waals surface area contributed by atoms with Gasteiger partial charge in [0.05, 0.1) is 45.6 Å². The van der Waals surface area contributed by atoms with Crippen LogP contribution in [0.1, 0.15) is 47.6 Å². The maximum absolute atomic E-state index is 13.2. The predicted molar refractivity (Wildman–Crippen MR) is 235 cm³/mol. The molecule has 0 aliphatic carbocycles. The Labute approximate surface area is 372 Å². The van der Waals surface area contributed by atoms with Gasteiger partial charge in [-0.3, -0.25) is 4.79 Å². The number of hydrogen-bond donors (Lipinski definition) is 1. The van der Waals surface area contributed by atoms with Gasteiger partial charge in [-0.1, -0.05) is 135 Å². The first-order chi connectivity index (χ1) is 29.6. The second kappa shape index (κ2) is 27.3. The minimum atomic E-state index is -0.869. The van der Waals surface area contributed by atoms with E-state index in [1.165, 1.54) is 5.56 Å². The van der Waals surface area contributed by atoms with Gasteiger partial charge in [-0.25, -0.2) is 24.3 Å². The number of carbonyl (C=O) groups excluding carboxylic acids is 1. The molecule has 1 aliphatic rings. The molecule has 8 nitrogen and oxygen atoms in total.